The molecule has 0 radical (unpaired) electrons. The van der Waals surface area contributed by atoms with Crippen LogP contribution in [0.5, 0.6) is 0 Å². The minimum absolute atomic E-state index is 0.0496. The second-order valence-corrected chi connectivity index (χ2v) is 17.6. The maximum absolute atomic E-state index is 13.2. The van der Waals surface area contributed by atoms with Crippen LogP contribution in [0.4, 0.5) is 0 Å². The van der Waals surface area contributed by atoms with Crippen molar-refractivity contribution in [3.8, 4) is 0 Å². The van der Waals surface area contributed by atoms with Gasteiger partial charge in [-0.2, -0.15) is 0 Å². The fourth-order valence-corrected chi connectivity index (χ4v) is 7.67. The Kier molecular flexibility index (Phi) is 46.6. The smallest absolute Gasteiger partial charge is 0.306 e. The summed E-state index contributed by atoms with van der Waals surface area (Å²) in [5, 5.41) is 23.7. The Morgan fingerprint density at radius 3 is 1.46 bits per heavy atom. The summed E-state index contributed by atoms with van der Waals surface area (Å²) in [5.41, 5.74) is 0. The van der Waals surface area contributed by atoms with Crippen molar-refractivity contribution in [2.45, 2.75) is 270 Å². The lowest BCUT2D eigenvalue weighted by Gasteiger charge is -2.24. The second-order valence-electron chi connectivity index (χ2n) is 17.6. The maximum Gasteiger partial charge on any atom is 0.306 e. The quantitative estimate of drug-likeness (QED) is 0.0245. The molecule has 354 valence electrons. The number of carbonyl (C=O) groups is 2. The van der Waals surface area contributed by atoms with E-state index in [0.717, 1.165) is 103 Å². The van der Waals surface area contributed by atoms with Crippen LogP contribution in [0.2, 0.25) is 0 Å². The highest BCUT2D eigenvalue weighted by Crippen LogP contribution is 2.17. The lowest BCUT2D eigenvalue weighted by atomic mass is 10.0. The molecule has 1 amide bonds. The Balaban J connectivity index is 4.68. The van der Waals surface area contributed by atoms with E-state index in [0.29, 0.717) is 19.3 Å². The highest BCUT2D eigenvalue weighted by molar-refractivity contribution is 5.77. The number of esters is 1. The molecule has 6 nitrogen and oxygen atoms in total. The van der Waals surface area contributed by atoms with Gasteiger partial charge in [-0.25, -0.2) is 0 Å². The molecule has 0 saturated heterocycles. The molecule has 0 aliphatic carbocycles. The van der Waals surface area contributed by atoms with Gasteiger partial charge in [0.25, 0.3) is 0 Å². The molecule has 61 heavy (non-hydrogen) atoms. The predicted octanol–water partition coefficient (Wildman–Crippen LogP) is 15.6. The van der Waals surface area contributed by atoms with Gasteiger partial charge in [-0.15, -0.1) is 0 Å². The number of amides is 1. The van der Waals surface area contributed by atoms with E-state index in [1.54, 1.807) is 0 Å². The first kappa shape index (κ1) is 58.6. The number of unbranched alkanes of at least 4 members (excludes halogenated alkanes) is 25. The lowest BCUT2D eigenvalue weighted by Crippen LogP contribution is -2.46. The zero-order valence-electron chi connectivity index (χ0n) is 40.3. The highest BCUT2D eigenvalue weighted by atomic mass is 16.5. The van der Waals surface area contributed by atoms with Gasteiger partial charge >= 0.3 is 5.97 Å². The summed E-state index contributed by atoms with van der Waals surface area (Å²) in [5.74, 6) is -0.524. The van der Waals surface area contributed by atoms with Crippen LogP contribution < -0.4 is 5.32 Å². The van der Waals surface area contributed by atoms with Crippen molar-refractivity contribution in [2.24, 2.45) is 0 Å². The molecule has 0 heterocycles. The van der Waals surface area contributed by atoms with Crippen LogP contribution in [0.3, 0.4) is 0 Å². The largest absolute Gasteiger partial charge is 0.462 e. The van der Waals surface area contributed by atoms with Gasteiger partial charge in [0.2, 0.25) is 5.91 Å². The molecule has 6 heteroatoms. The van der Waals surface area contributed by atoms with Crippen LogP contribution in [0.1, 0.15) is 252 Å². The molecule has 0 aliphatic heterocycles. The molecule has 0 aromatic heterocycles. The number of rotatable bonds is 46. The number of hydrogen-bond acceptors (Lipinski definition) is 5. The Labute approximate surface area is 378 Å². The minimum Gasteiger partial charge on any atom is -0.462 e. The first-order valence-electron chi connectivity index (χ1n) is 26.0. The molecule has 0 aliphatic rings. The third kappa shape index (κ3) is 44.0. The van der Waals surface area contributed by atoms with Crippen LogP contribution in [-0.2, 0) is 14.3 Å². The van der Waals surface area contributed by atoms with E-state index in [4.69, 9.17) is 4.74 Å². The number of carbonyl (C=O) groups excluding carboxylic acids is 2. The first-order valence-corrected chi connectivity index (χ1v) is 26.0. The molecule has 0 saturated carbocycles. The molecular formula is C55H99NO5. The van der Waals surface area contributed by atoms with Gasteiger partial charge < -0.3 is 20.3 Å². The molecule has 3 atom stereocenters. The summed E-state index contributed by atoms with van der Waals surface area (Å²) in [7, 11) is 0. The monoisotopic (exact) mass is 854 g/mol. The van der Waals surface area contributed by atoms with Gasteiger partial charge in [0.15, 0.2) is 0 Å². The molecule has 3 N–H and O–H groups in total. The molecule has 3 unspecified atom stereocenters. The number of nitrogens with one attached hydrogen (secondary N) is 1. The number of allylic oxidation sites excluding steroid dienone is 10. The average Bonchev–Trinajstić information content (AvgIpc) is 3.25. The molecule has 0 aromatic carbocycles. The van der Waals surface area contributed by atoms with Crippen LogP contribution >= 0.6 is 0 Å². The zero-order chi connectivity index (χ0) is 44.5. The highest BCUT2D eigenvalue weighted by Gasteiger charge is 2.24. The van der Waals surface area contributed by atoms with Gasteiger partial charge in [0.05, 0.1) is 25.2 Å². The summed E-state index contributed by atoms with van der Waals surface area (Å²) >= 11 is 0. The van der Waals surface area contributed by atoms with Crippen molar-refractivity contribution in [3.05, 3.63) is 60.8 Å². The van der Waals surface area contributed by atoms with E-state index in [-0.39, 0.29) is 24.9 Å². The van der Waals surface area contributed by atoms with E-state index in [1.165, 1.54) is 103 Å². The van der Waals surface area contributed by atoms with Gasteiger partial charge in [0.1, 0.15) is 6.10 Å². The van der Waals surface area contributed by atoms with E-state index in [1.807, 2.05) is 0 Å². The zero-order valence-corrected chi connectivity index (χ0v) is 40.3. The molecular weight excluding hydrogens is 755 g/mol. The molecule has 0 aromatic rings. The van der Waals surface area contributed by atoms with E-state index >= 15 is 0 Å². The van der Waals surface area contributed by atoms with Crippen molar-refractivity contribution >= 4 is 11.9 Å². The van der Waals surface area contributed by atoms with E-state index < -0.39 is 18.2 Å². The number of ether oxygens (including phenoxy) is 1. The molecule has 0 rings (SSSR count). The summed E-state index contributed by atoms with van der Waals surface area (Å²) in [6.07, 6.45) is 59.9. The van der Waals surface area contributed by atoms with Crippen molar-refractivity contribution < 1.29 is 24.5 Å². The summed E-state index contributed by atoms with van der Waals surface area (Å²) in [6.45, 7) is 6.35. The Morgan fingerprint density at radius 1 is 0.508 bits per heavy atom. The normalized spacial score (nSPS) is 13.7. The number of hydrogen-bond donors (Lipinski definition) is 3. The standard InChI is InChI=1S/C55H99NO5/c1-4-7-10-13-16-19-22-25-27-28-29-31-34-37-40-43-46-51(61-55(60)48-45-42-39-36-33-30-26-23-20-17-14-11-8-5-2)49-54(59)56-52(50-57)53(58)47-44-41-38-35-32-24-21-18-15-12-9-6-3/h8,11,17,20,26-31,51-53,57-58H,4-7,9-10,12-16,18-19,21-25,32-50H2,1-3H3,(H,56,59)/b11-8+,20-17+,28-27+,30-26+,31-29+. The fraction of sp³-hybridized carbons (Fsp3) is 0.782. The molecule has 0 bridgehead atoms. The van der Waals surface area contributed by atoms with Gasteiger partial charge in [-0.1, -0.05) is 216 Å². The van der Waals surface area contributed by atoms with Crippen molar-refractivity contribution in [1.82, 2.24) is 5.32 Å². The van der Waals surface area contributed by atoms with Crippen LogP contribution in [0.15, 0.2) is 60.8 Å². The minimum atomic E-state index is -0.799. The lowest BCUT2D eigenvalue weighted by molar-refractivity contribution is -0.151. The topological polar surface area (TPSA) is 95.9 Å². The third-order valence-corrected chi connectivity index (χ3v) is 11.6. The number of aliphatic hydroxyl groups excluding tert-OH is 2. The average molecular weight is 854 g/mol. The summed E-state index contributed by atoms with van der Waals surface area (Å²) < 4.78 is 5.91. The van der Waals surface area contributed by atoms with Crippen LogP contribution in [0, 0.1) is 0 Å². The van der Waals surface area contributed by atoms with E-state index in [2.05, 4.69) is 86.8 Å². The predicted molar refractivity (Wildman–Crippen MR) is 264 cm³/mol. The summed E-state index contributed by atoms with van der Waals surface area (Å²) in [6, 6.07) is -0.716. The molecule has 0 fully saturated rings. The Bertz CT molecular complexity index is 1090. The maximum atomic E-state index is 13.2. The first-order chi connectivity index (χ1) is 30.0. The van der Waals surface area contributed by atoms with E-state index in [9.17, 15) is 19.8 Å². The molecule has 0 spiro atoms. The van der Waals surface area contributed by atoms with Crippen LogP contribution in [-0.4, -0.2) is 46.9 Å². The van der Waals surface area contributed by atoms with Gasteiger partial charge in [0, 0.05) is 6.42 Å². The number of aliphatic hydroxyl groups is 2. The van der Waals surface area contributed by atoms with Gasteiger partial charge in [-0.3, -0.25) is 9.59 Å². The third-order valence-electron chi connectivity index (χ3n) is 11.6. The Hall–Kier alpha value is -2.44. The summed E-state index contributed by atoms with van der Waals surface area (Å²) in [4.78, 5) is 26.1. The van der Waals surface area contributed by atoms with Crippen molar-refractivity contribution in [2.75, 3.05) is 6.61 Å². The second kappa shape index (κ2) is 48.6. The van der Waals surface area contributed by atoms with Crippen LogP contribution in [0.25, 0.3) is 0 Å². The fourth-order valence-electron chi connectivity index (χ4n) is 7.67. The van der Waals surface area contributed by atoms with Crippen molar-refractivity contribution in [3.63, 3.8) is 0 Å². The van der Waals surface area contributed by atoms with Gasteiger partial charge in [-0.05, 0) is 83.5 Å². The SMILES string of the molecule is CC/C=C/C/C=C/C/C=C/CCCCCCC(=O)OC(CCCCC/C=C/C=C/CCCCCCCCC)CC(=O)NC(CO)C(O)CCCCCCCCCCCCCC. The Morgan fingerprint density at radius 2 is 0.934 bits per heavy atom. The van der Waals surface area contributed by atoms with Crippen molar-refractivity contribution in [1.29, 1.82) is 0 Å².